The van der Waals surface area contributed by atoms with Gasteiger partial charge in [-0.1, -0.05) is 17.7 Å². The number of hydrogen-bond acceptors (Lipinski definition) is 4. The summed E-state index contributed by atoms with van der Waals surface area (Å²) in [6, 6.07) is 6.30. The zero-order chi connectivity index (χ0) is 21.7. The normalized spacial score (nSPS) is 23.4. The highest BCUT2D eigenvalue weighted by atomic mass is 35.5. The van der Waals surface area contributed by atoms with Crippen LogP contribution >= 0.6 is 11.6 Å². The maximum Gasteiger partial charge on any atom is 0.319 e. The first kappa shape index (κ1) is 22.4. The second kappa shape index (κ2) is 10.1. The van der Waals surface area contributed by atoms with Gasteiger partial charge >= 0.3 is 6.03 Å². The highest BCUT2D eigenvalue weighted by Crippen LogP contribution is 2.26. The molecule has 0 aromatic heterocycles. The lowest BCUT2D eigenvalue weighted by Crippen LogP contribution is -2.58. The van der Waals surface area contributed by atoms with Crippen LogP contribution in [0.2, 0.25) is 5.02 Å². The van der Waals surface area contributed by atoms with Gasteiger partial charge in [-0.2, -0.15) is 0 Å². The predicted octanol–water partition coefficient (Wildman–Crippen LogP) is 2.05. The van der Waals surface area contributed by atoms with Crippen molar-refractivity contribution in [1.29, 1.82) is 0 Å². The van der Waals surface area contributed by atoms with Gasteiger partial charge in [0.15, 0.2) is 0 Å². The number of hydrogen-bond donors (Lipinski definition) is 3. The minimum atomic E-state index is -0.323. The minimum absolute atomic E-state index is 0.0131. The van der Waals surface area contributed by atoms with Gasteiger partial charge in [-0.3, -0.25) is 14.5 Å². The molecule has 0 radical (unpaired) electrons. The summed E-state index contributed by atoms with van der Waals surface area (Å²) < 4.78 is 0. The predicted molar refractivity (Wildman–Crippen MR) is 116 cm³/mol. The summed E-state index contributed by atoms with van der Waals surface area (Å²) in [5.41, 5.74) is 0.612. The number of carbonyl (C=O) groups is 3. The Morgan fingerprint density at radius 1 is 1.30 bits per heavy atom. The van der Waals surface area contributed by atoms with Crippen LogP contribution < -0.4 is 16.0 Å². The molecule has 2 aliphatic rings. The Bertz CT molecular complexity index is 786. The fraction of sp³-hybridized carbons (Fsp3) is 0.571. The van der Waals surface area contributed by atoms with Crippen molar-refractivity contribution in [1.82, 2.24) is 20.4 Å². The average molecular weight is 436 g/mol. The summed E-state index contributed by atoms with van der Waals surface area (Å²) in [6.07, 6.45) is 1.70. The highest BCUT2D eigenvalue weighted by molar-refractivity contribution is 6.30. The summed E-state index contributed by atoms with van der Waals surface area (Å²) in [4.78, 5) is 41.0. The quantitative estimate of drug-likeness (QED) is 0.611. The van der Waals surface area contributed by atoms with Crippen molar-refractivity contribution in [3.63, 3.8) is 0 Å². The molecule has 2 fully saturated rings. The Labute approximate surface area is 182 Å². The van der Waals surface area contributed by atoms with Crippen molar-refractivity contribution >= 4 is 35.1 Å². The van der Waals surface area contributed by atoms with Gasteiger partial charge in [-0.25, -0.2) is 4.79 Å². The summed E-state index contributed by atoms with van der Waals surface area (Å²) in [6.45, 7) is 6.48. The zero-order valence-electron chi connectivity index (χ0n) is 17.5. The van der Waals surface area contributed by atoms with Crippen LogP contribution in [0.5, 0.6) is 0 Å². The largest absolute Gasteiger partial charge is 0.353 e. The Balaban J connectivity index is 1.55. The minimum Gasteiger partial charge on any atom is -0.353 e. The number of piperazine rings is 1. The molecule has 164 valence electrons. The number of amides is 4. The van der Waals surface area contributed by atoms with E-state index in [2.05, 4.69) is 20.9 Å². The van der Waals surface area contributed by atoms with E-state index in [1.807, 2.05) is 18.7 Å². The number of anilines is 1. The van der Waals surface area contributed by atoms with E-state index in [4.69, 9.17) is 11.6 Å². The van der Waals surface area contributed by atoms with Crippen LogP contribution in [0.15, 0.2) is 24.3 Å². The molecule has 3 N–H and O–H groups in total. The van der Waals surface area contributed by atoms with Gasteiger partial charge in [0.1, 0.15) is 0 Å². The summed E-state index contributed by atoms with van der Waals surface area (Å²) in [5, 5.41) is 9.23. The highest BCUT2D eigenvalue weighted by Gasteiger charge is 2.43. The zero-order valence-corrected chi connectivity index (χ0v) is 18.2. The number of nitrogens with zero attached hydrogens (tertiary/aromatic N) is 2. The maximum absolute atomic E-state index is 12.4. The summed E-state index contributed by atoms with van der Waals surface area (Å²) in [5.74, 6) is 0.129. The number of halogens is 1. The maximum atomic E-state index is 12.4. The molecule has 2 saturated heterocycles. The van der Waals surface area contributed by atoms with E-state index in [0.29, 0.717) is 56.2 Å². The SMILES string of the molecule is CCN(CC)C(=O)CC[C@@H]1CNC(=O)[C@@H]2C[C@H](NC(=O)Nc3cccc(Cl)c3)CN12. The van der Waals surface area contributed by atoms with Crippen molar-refractivity contribution in [2.45, 2.75) is 51.2 Å². The third-order valence-corrected chi connectivity index (χ3v) is 6.08. The van der Waals surface area contributed by atoms with Crippen molar-refractivity contribution < 1.29 is 14.4 Å². The standard InChI is InChI=1S/C21H30ClN5O3/c1-3-26(4-2)19(28)9-8-17-12-23-20(29)18-11-16(13-27(17)18)25-21(30)24-15-7-5-6-14(22)10-15/h5-7,10,16-18H,3-4,8-9,11-13H2,1-2H3,(H,23,29)(H2,24,25,30)/t16-,17+,18-/m0/s1. The van der Waals surface area contributed by atoms with Crippen molar-refractivity contribution in [3.8, 4) is 0 Å². The molecule has 1 aromatic rings. The molecular weight excluding hydrogens is 406 g/mol. The first-order chi connectivity index (χ1) is 14.4. The molecule has 1 aromatic carbocycles. The molecule has 4 amide bonds. The molecule has 0 spiro atoms. The smallest absolute Gasteiger partial charge is 0.319 e. The molecule has 2 heterocycles. The third-order valence-electron chi connectivity index (χ3n) is 5.85. The lowest BCUT2D eigenvalue weighted by Gasteiger charge is -2.37. The molecular formula is C21H30ClN5O3. The van der Waals surface area contributed by atoms with E-state index in [1.165, 1.54) is 0 Å². The van der Waals surface area contributed by atoms with E-state index in [9.17, 15) is 14.4 Å². The second-order valence-electron chi connectivity index (χ2n) is 7.76. The van der Waals surface area contributed by atoms with E-state index >= 15 is 0 Å². The number of fused-ring (bicyclic) bond motifs is 1. The van der Waals surface area contributed by atoms with E-state index in [-0.39, 0.29) is 36.0 Å². The van der Waals surface area contributed by atoms with Gasteiger partial charge < -0.3 is 20.9 Å². The Kier molecular flexibility index (Phi) is 7.55. The molecule has 3 atom stereocenters. The van der Waals surface area contributed by atoms with E-state index in [0.717, 1.165) is 0 Å². The van der Waals surface area contributed by atoms with Crippen molar-refractivity contribution in [2.24, 2.45) is 0 Å². The molecule has 0 aliphatic carbocycles. The molecule has 2 aliphatic heterocycles. The molecule has 8 nitrogen and oxygen atoms in total. The van der Waals surface area contributed by atoms with Crippen molar-refractivity contribution in [2.75, 3.05) is 31.5 Å². The molecule has 0 unspecified atom stereocenters. The van der Waals surface area contributed by atoms with Crippen LogP contribution in [-0.2, 0) is 9.59 Å². The summed E-state index contributed by atoms with van der Waals surface area (Å²) >= 11 is 5.95. The van der Waals surface area contributed by atoms with Gasteiger partial charge in [0.25, 0.3) is 0 Å². The van der Waals surface area contributed by atoms with E-state index in [1.54, 1.807) is 24.3 Å². The topological polar surface area (TPSA) is 93.8 Å². The third kappa shape index (κ3) is 5.43. The Morgan fingerprint density at radius 3 is 2.77 bits per heavy atom. The molecule has 3 rings (SSSR count). The lowest BCUT2D eigenvalue weighted by atomic mass is 10.0. The average Bonchev–Trinajstić information content (AvgIpc) is 3.13. The number of carbonyl (C=O) groups excluding carboxylic acids is 3. The van der Waals surface area contributed by atoms with Crippen LogP contribution in [0, 0.1) is 0 Å². The summed E-state index contributed by atoms with van der Waals surface area (Å²) in [7, 11) is 0. The van der Waals surface area contributed by atoms with Gasteiger partial charge in [0.05, 0.1) is 6.04 Å². The number of urea groups is 1. The van der Waals surface area contributed by atoms with Gasteiger partial charge in [0.2, 0.25) is 11.8 Å². The van der Waals surface area contributed by atoms with Crippen LogP contribution in [0.3, 0.4) is 0 Å². The molecule has 30 heavy (non-hydrogen) atoms. The van der Waals surface area contributed by atoms with Crippen LogP contribution in [0.1, 0.15) is 33.1 Å². The van der Waals surface area contributed by atoms with Gasteiger partial charge in [-0.15, -0.1) is 0 Å². The number of benzene rings is 1. The number of nitrogens with one attached hydrogen (secondary N) is 3. The van der Waals surface area contributed by atoms with Crippen LogP contribution in [0.4, 0.5) is 10.5 Å². The molecule has 0 saturated carbocycles. The Hall–Kier alpha value is -2.32. The second-order valence-corrected chi connectivity index (χ2v) is 8.19. The number of rotatable bonds is 7. The van der Waals surface area contributed by atoms with Gasteiger partial charge in [-0.05, 0) is 44.9 Å². The lowest BCUT2D eigenvalue weighted by molar-refractivity contribution is -0.132. The first-order valence-electron chi connectivity index (χ1n) is 10.6. The first-order valence-corrected chi connectivity index (χ1v) is 10.9. The monoisotopic (exact) mass is 435 g/mol. The molecule has 0 bridgehead atoms. The molecule has 9 heteroatoms. The van der Waals surface area contributed by atoms with Gasteiger partial charge in [0, 0.05) is 55.4 Å². The van der Waals surface area contributed by atoms with Crippen molar-refractivity contribution in [3.05, 3.63) is 29.3 Å². The fourth-order valence-electron chi connectivity index (χ4n) is 4.29. The van der Waals surface area contributed by atoms with E-state index < -0.39 is 0 Å². The van der Waals surface area contributed by atoms with Crippen LogP contribution in [0.25, 0.3) is 0 Å². The Morgan fingerprint density at radius 2 is 2.07 bits per heavy atom. The van der Waals surface area contributed by atoms with Crippen LogP contribution in [-0.4, -0.2) is 71.9 Å². The fourth-order valence-corrected chi connectivity index (χ4v) is 4.48.